The van der Waals surface area contributed by atoms with E-state index in [-0.39, 0.29) is 11.2 Å². The van der Waals surface area contributed by atoms with Crippen molar-refractivity contribution in [2.24, 2.45) is 0 Å². The summed E-state index contributed by atoms with van der Waals surface area (Å²) in [6.07, 6.45) is 1.58. The molecule has 0 atom stereocenters. The number of carbonyl (C=O) groups is 1. The maximum absolute atomic E-state index is 12.3. The smallest absolute Gasteiger partial charge is 0.273 e. The van der Waals surface area contributed by atoms with Crippen LogP contribution in [0, 0.1) is 6.92 Å². The fraction of sp³-hybridized carbons (Fsp3) is 0.308. The lowest BCUT2D eigenvalue weighted by atomic mass is 10.3. The number of aromatic nitrogens is 2. The summed E-state index contributed by atoms with van der Waals surface area (Å²) in [5, 5.41) is 0.0809. The van der Waals surface area contributed by atoms with Gasteiger partial charge in [-0.15, -0.1) is 0 Å². The van der Waals surface area contributed by atoms with Crippen LogP contribution >= 0.6 is 11.6 Å². The van der Waals surface area contributed by atoms with Crippen LogP contribution in [0.15, 0.2) is 28.9 Å². The van der Waals surface area contributed by atoms with Crippen molar-refractivity contribution in [2.75, 3.05) is 6.54 Å². The number of rotatable bonds is 4. The summed E-state index contributed by atoms with van der Waals surface area (Å²) in [7, 11) is 0. The first-order valence-electron chi connectivity index (χ1n) is 5.93. The summed E-state index contributed by atoms with van der Waals surface area (Å²) < 4.78 is 5.25. The minimum absolute atomic E-state index is 0.0809. The van der Waals surface area contributed by atoms with Crippen molar-refractivity contribution < 1.29 is 9.21 Å². The topological polar surface area (TPSA) is 59.2 Å². The summed E-state index contributed by atoms with van der Waals surface area (Å²) in [6, 6.07) is 5.24. The van der Waals surface area contributed by atoms with Gasteiger partial charge in [0.15, 0.2) is 0 Å². The molecule has 2 rings (SSSR count). The number of hydrogen-bond donors (Lipinski definition) is 0. The Hall–Kier alpha value is -1.88. The minimum Gasteiger partial charge on any atom is -0.467 e. The lowest BCUT2D eigenvalue weighted by molar-refractivity contribution is 0.0735. The van der Waals surface area contributed by atoms with Crippen molar-refractivity contribution in [1.29, 1.82) is 0 Å². The van der Waals surface area contributed by atoms with Gasteiger partial charge in [-0.05, 0) is 43.6 Å². The molecule has 0 aromatic carbocycles. The van der Waals surface area contributed by atoms with Crippen molar-refractivity contribution in [3.8, 4) is 0 Å². The zero-order chi connectivity index (χ0) is 13.8. The van der Waals surface area contributed by atoms with Gasteiger partial charge in [0, 0.05) is 12.2 Å². The molecule has 0 aliphatic heterocycles. The minimum atomic E-state index is -0.189. The van der Waals surface area contributed by atoms with E-state index in [1.165, 1.54) is 0 Å². The number of halogens is 1. The van der Waals surface area contributed by atoms with Gasteiger partial charge in [0.1, 0.15) is 11.5 Å². The first-order valence-corrected chi connectivity index (χ1v) is 6.30. The Morgan fingerprint density at radius 2 is 2.26 bits per heavy atom. The normalized spacial score (nSPS) is 10.5. The van der Waals surface area contributed by atoms with Crippen molar-refractivity contribution in [3.05, 3.63) is 46.9 Å². The van der Waals surface area contributed by atoms with Crippen LogP contribution in [0.3, 0.4) is 0 Å². The van der Waals surface area contributed by atoms with Crippen LogP contribution in [0.1, 0.15) is 28.9 Å². The maximum atomic E-state index is 12.3. The lowest BCUT2D eigenvalue weighted by Crippen LogP contribution is -2.31. The average Bonchev–Trinajstić information content (AvgIpc) is 2.86. The molecule has 0 fully saturated rings. The van der Waals surface area contributed by atoms with Gasteiger partial charge < -0.3 is 9.32 Å². The summed E-state index contributed by atoms with van der Waals surface area (Å²) >= 11 is 5.77. The second-order valence-electron chi connectivity index (χ2n) is 4.06. The fourth-order valence-electron chi connectivity index (χ4n) is 1.72. The van der Waals surface area contributed by atoms with Crippen LogP contribution in [0.4, 0.5) is 0 Å². The monoisotopic (exact) mass is 279 g/mol. The van der Waals surface area contributed by atoms with E-state index >= 15 is 0 Å². The maximum Gasteiger partial charge on any atom is 0.273 e. The van der Waals surface area contributed by atoms with Crippen molar-refractivity contribution >= 4 is 17.5 Å². The predicted molar refractivity (Wildman–Crippen MR) is 70.9 cm³/mol. The van der Waals surface area contributed by atoms with E-state index in [2.05, 4.69) is 9.97 Å². The number of furan rings is 1. The number of hydrogen-bond acceptors (Lipinski definition) is 4. The third-order valence-corrected chi connectivity index (χ3v) is 2.81. The molecular formula is C13H14ClN3O2. The molecule has 100 valence electrons. The van der Waals surface area contributed by atoms with Crippen LogP contribution in [0.5, 0.6) is 0 Å². The highest BCUT2D eigenvalue weighted by Gasteiger charge is 2.18. The van der Waals surface area contributed by atoms with Crippen LogP contribution < -0.4 is 0 Å². The van der Waals surface area contributed by atoms with E-state index in [0.717, 1.165) is 5.76 Å². The standard InChI is InChI=1S/C13H14ClN3O2/c1-3-17(8-10-5-4-6-19-10)12(18)11-7-9(2)15-13(14)16-11/h4-7H,3,8H2,1-2H3. The van der Waals surface area contributed by atoms with Gasteiger partial charge in [-0.25, -0.2) is 9.97 Å². The molecule has 0 spiro atoms. The molecule has 2 heterocycles. The molecule has 0 saturated heterocycles. The number of aryl methyl sites for hydroxylation is 1. The third kappa shape index (κ3) is 3.32. The highest BCUT2D eigenvalue weighted by atomic mass is 35.5. The molecule has 1 amide bonds. The number of carbonyl (C=O) groups excluding carboxylic acids is 1. The zero-order valence-electron chi connectivity index (χ0n) is 10.8. The first kappa shape index (κ1) is 13.5. The Balaban J connectivity index is 2.20. The van der Waals surface area contributed by atoms with Crippen molar-refractivity contribution in [2.45, 2.75) is 20.4 Å². The van der Waals surface area contributed by atoms with Gasteiger partial charge in [0.2, 0.25) is 5.28 Å². The fourth-order valence-corrected chi connectivity index (χ4v) is 1.95. The van der Waals surface area contributed by atoms with Gasteiger partial charge in [-0.1, -0.05) is 0 Å². The van der Waals surface area contributed by atoms with E-state index in [9.17, 15) is 4.79 Å². The predicted octanol–water partition coefficient (Wildman–Crippen LogP) is 2.69. The van der Waals surface area contributed by atoms with Gasteiger partial charge in [-0.3, -0.25) is 4.79 Å². The van der Waals surface area contributed by atoms with Gasteiger partial charge in [0.05, 0.1) is 12.8 Å². The largest absolute Gasteiger partial charge is 0.467 e. The van der Waals surface area contributed by atoms with Gasteiger partial charge in [0.25, 0.3) is 5.91 Å². The second-order valence-corrected chi connectivity index (χ2v) is 4.40. The molecule has 0 unspecified atom stereocenters. The molecule has 0 bridgehead atoms. The summed E-state index contributed by atoms with van der Waals surface area (Å²) in [4.78, 5) is 21.9. The van der Waals surface area contributed by atoms with Crippen LogP contribution in [-0.2, 0) is 6.54 Å². The quantitative estimate of drug-likeness (QED) is 0.808. The molecule has 6 heteroatoms. The Kier molecular flexibility index (Phi) is 4.16. The number of amides is 1. The van der Waals surface area contributed by atoms with E-state index < -0.39 is 0 Å². The van der Waals surface area contributed by atoms with Gasteiger partial charge >= 0.3 is 0 Å². The Morgan fingerprint density at radius 1 is 1.47 bits per heavy atom. The first-order chi connectivity index (χ1) is 9.10. The average molecular weight is 280 g/mol. The molecule has 0 N–H and O–H groups in total. The zero-order valence-corrected chi connectivity index (χ0v) is 11.5. The lowest BCUT2D eigenvalue weighted by Gasteiger charge is -2.19. The summed E-state index contributed by atoms with van der Waals surface area (Å²) in [5.74, 6) is 0.540. The molecule has 0 radical (unpaired) electrons. The van der Waals surface area contributed by atoms with E-state index in [0.29, 0.717) is 24.5 Å². The van der Waals surface area contributed by atoms with E-state index in [4.69, 9.17) is 16.0 Å². The third-order valence-electron chi connectivity index (χ3n) is 2.64. The highest BCUT2D eigenvalue weighted by molar-refractivity contribution is 6.28. The Bertz CT molecular complexity index is 549. The SMILES string of the molecule is CCN(Cc1ccco1)C(=O)c1cc(C)nc(Cl)n1. The molecule has 19 heavy (non-hydrogen) atoms. The van der Waals surface area contributed by atoms with Crippen LogP contribution in [0.25, 0.3) is 0 Å². The highest BCUT2D eigenvalue weighted by Crippen LogP contribution is 2.11. The molecular weight excluding hydrogens is 266 g/mol. The van der Waals surface area contributed by atoms with E-state index in [1.54, 1.807) is 30.2 Å². The van der Waals surface area contributed by atoms with Crippen LogP contribution in [0.2, 0.25) is 5.28 Å². The Labute approximate surface area is 116 Å². The Morgan fingerprint density at radius 3 is 2.84 bits per heavy atom. The molecule has 2 aromatic heterocycles. The van der Waals surface area contributed by atoms with Crippen molar-refractivity contribution in [3.63, 3.8) is 0 Å². The molecule has 0 saturated carbocycles. The summed E-state index contributed by atoms with van der Waals surface area (Å²) in [6.45, 7) is 4.63. The summed E-state index contributed by atoms with van der Waals surface area (Å²) in [5.41, 5.74) is 0.961. The molecule has 2 aromatic rings. The van der Waals surface area contributed by atoms with E-state index in [1.807, 2.05) is 13.0 Å². The van der Waals surface area contributed by atoms with Crippen LogP contribution in [-0.4, -0.2) is 27.3 Å². The molecule has 5 nitrogen and oxygen atoms in total. The molecule has 0 aliphatic rings. The van der Waals surface area contributed by atoms with Crippen molar-refractivity contribution in [1.82, 2.24) is 14.9 Å². The number of nitrogens with zero attached hydrogens (tertiary/aromatic N) is 3. The second kappa shape index (κ2) is 5.84. The molecule has 0 aliphatic carbocycles. The van der Waals surface area contributed by atoms with Gasteiger partial charge in [-0.2, -0.15) is 0 Å².